The fourth-order valence-corrected chi connectivity index (χ4v) is 3.70. The summed E-state index contributed by atoms with van der Waals surface area (Å²) >= 11 is 0. The molecule has 3 aromatic rings. The van der Waals surface area contributed by atoms with E-state index in [1.54, 1.807) is 37.3 Å². The second-order valence-corrected chi connectivity index (χ2v) is 7.09. The second-order valence-electron chi connectivity index (χ2n) is 7.09. The van der Waals surface area contributed by atoms with Crippen molar-refractivity contribution in [3.63, 3.8) is 0 Å². The number of furan rings is 1. The Hall–Kier alpha value is -4.62. The first-order valence-corrected chi connectivity index (χ1v) is 9.33. The van der Waals surface area contributed by atoms with Gasteiger partial charge in [0.15, 0.2) is 0 Å². The lowest BCUT2D eigenvalue weighted by molar-refractivity contribution is 0.0697. The van der Waals surface area contributed by atoms with E-state index < -0.39 is 5.97 Å². The summed E-state index contributed by atoms with van der Waals surface area (Å²) in [6.07, 6.45) is 1.81. The summed E-state index contributed by atoms with van der Waals surface area (Å²) in [6.45, 7) is 3.61. The lowest BCUT2D eigenvalue weighted by Gasteiger charge is -2.10. The van der Waals surface area contributed by atoms with Crippen LogP contribution in [0.2, 0.25) is 0 Å². The third-order valence-electron chi connectivity index (χ3n) is 5.31. The van der Waals surface area contributed by atoms with Gasteiger partial charge in [0.2, 0.25) is 0 Å². The quantitative estimate of drug-likeness (QED) is 0.643. The standard InChI is InChI=1S/C24H16N4O3/c1-12-17(21-13(2)19(11-26)23(27)28-22(21)18(12)10-25)9-16-7-8-20(31-16)14-3-5-15(6-4-14)24(29)30/h3-9H,1-2H3,(H2,27,28)(H,29,30). The van der Waals surface area contributed by atoms with Crippen LogP contribution in [0.3, 0.4) is 0 Å². The number of hydrogen-bond acceptors (Lipinski definition) is 6. The average Bonchev–Trinajstić information content (AvgIpc) is 3.31. The minimum Gasteiger partial charge on any atom is -0.478 e. The van der Waals surface area contributed by atoms with Crippen LogP contribution in [0, 0.1) is 29.6 Å². The first-order valence-electron chi connectivity index (χ1n) is 9.33. The molecule has 0 atom stereocenters. The highest BCUT2D eigenvalue weighted by atomic mass is 16.4. The van der Waals surface area contributed by atoms with E-state index in [1.807, 2.05) is 6.92 Å². The Labute approximate surface area is 178 Å². The zero-order chi connectivity index (χ0) is 22.3. The van der Waals surface area contributed by atoms with Crippen molar-refractivity contribution in [1.82, 2.24) is 4.98 Å². The van der Waals surface area contributed by atoms with Crippen LogP contribution >= 0.6 is 0 Å². The highest BCUT2D eigenvalue weighted by Crippen LogP contribution is 2.44. The van der Waals surface area contributed by atoms with Crippen molar-refractivity contribution >= 4 is 29.0 Å². The summed E-state index contributed by atoms with van der Waals surface area (Å²) in [4.78, 5) is 15.3. The highest BCUT2D eigenvalue weighted by Gasteiger charge is 2.29. The first-order chi connectivity index (χ1) is 14.8. The molecule has 0 bridgehead atoms. The Kier molecular flexibility index (Phi) is 4.65. The van der Waals surface area contributed by atoms with E-state index in [4.69, 9.17) is 15.3 Å². The van der Waals surface area contributed by atoms with Gasteiger partial charge in [-0.15, -0.1) is 0 Å². The van der Waals surface area contributed by atoms with Crippen molar-refractivity contribution < 1.29 is 14.3 Å². The third-order valence-corrected chi connectivity index (χ3v) is 5.31. The Morgan fingerprint density at radius 3 is 2.45 bits per heavy atom. The van der Waals surface area contributed by atoms with Gasteiger partial charge in [-0.25, -0.2) is 9.78 Å². The number of carbonyl (C=O) groups is 1. The summed E-state index contributed by atoms with van der Waals surface area (Å²) < 4.78 is 5.94. The van der Waals surface area contributed by atoms with Gasteiger partial charge in [-0.3, -0.25) is 0 Å². The molecule has 7 nitrogen and oxygen atoms in total. The summed E-state index contributed by atoms with van der Waals surface area (Å²) in [5.41, 5.74) is 10.9. The maximum absolute atomic E-state index is 11.0. The van der Waals surface area contributed by atoms with E-state index in [0.717, 1.165) is 16.7 Å². The second kappa shape index (κ2) is 7.33. The molecular weight excluding hydrogens is 392 g/mol. The van der Waals surface area contributed by atoms with Crippen LogP contribution in [-0.4, -0.2) is 16.1 Å². The number of allylic oxidation sites excluding steroid dienone is 3. The predicted molar refractivity (Wildman–Crippen MR) is 115 cm³/mol. The molecule has 1 aliphatic carbocycles. The molecule has 0 saturated carbocycles. The number of carboxylic acid groups (broad SMARTS) is 1. The topological polar surface area (TPSA) is 137 Å². The fraction of sp³-hybridized carbons (Fsp3) is 0.0833. The number of aromatic carboxylic acids is 1. The monoisotopic (exact) mass is 408 g/mol. The number of carboxylic acids is 1. The van der Waals surface area contributed by atoms with Crippen LogP contribution in [-0.2, 0) is 0 Å². The number of nitrogens with two attached hydrogens (primary N) is 1. The number of benzene rings is 1. The van der Waals surface area contributed by atoms with Gasteiger partial charge in [-0.05, 0) is 60.9 Å². The Bertz CT molecular complexity index is 1390. The summed E-state index contributed by atoms with van der Waals surface area (Å²) in [7, 11) is 0. The molecule has 2 aromatic heterocycles. The van der Waals surface area contributed by atoms with E-state index in [9.17, 15) is 15.3 Å². The zero-order valence-electron chi connectivity index (χ0n) is 16.7. The molecule has 0 spiro atoms. The SMILES string of the molecule is CC1=C(C#N)c2nc(N)c(C#N)c(C)c2C1=Cc1ccc(-c2ccc(C(=O)O)cc2)o1. The van der Waals surface area contributed by atoms with Crippen molar-refractivity contribution in [2.24, 2.45) is 0 Å². The molecule has 0 radical (unpaired) electrons. The number of fused-ring (bicyclic) bond motifs is 1. The van der Waals surface area contributed by atoms with Crippen LogP contribution in [0.1, 0.15) is 45.4 Å². The van der Waals surface area contributed by atoms with Crippen molar-refractivity contribution in [2.75, 3.05) is 5.73 Å². The molecule has 0 amide bonds. The number of nitriles is 2. The maximum atomic E-state index is 11.0. The van der Waals surface area contributed by atoms with Crippen LogP contribution in [0.4, 0.5) is 5.82 Å². The lowest BCUT2D eigenvalue weighted by Crippen LogP contribution is -2.03. The number of anilines is 1. The minimum atomic E-state index is -0.992. The molecule has 2 heterocycles. The Morgan fingerprint density at radius 2 is 1.84 bits per heavy atom. The molecule has 1 aliphatic rings. The molecular formula is C24H16N4O3. The number of aromatic nitrogens is 1. The average molecular weight is 408 g/mol. The van der Waals surface area contributed by atoms with Gasteiger partial charge in [0.1, 0.15) is 29.5 Å². The predicted octanol–water partition coefficient (Wildman–Crippen LogP) is 4.65. The molecule has 3 N–H and O–H groups in total. The van der Waals surface area contributed by atoms with Gasteiger partial charge in [0, 0.05) is 11.1 Å². The smallest absolute Gasteiger partial charge is 0.335 e. The van der Waals surface area contributed by atoms with Crippen LogP contribution in [0.25, 0.3) is 28.5 Å². The van der Waals surface area contributed by atoms with E-state index in [1.165, 1.54) is 12.1 Å². The summed E-state index contributed by atoms with van der Waals surface area (Å²) in [5, 5.41) is 28.1. The first kappa shape index (κ1) is 19.7. The van der Waals surface area contributed by atoms with E-state index in [-0.39, 0.29) is 16.9 Å². The van der Waals surface area contributed by atoms with Gasteiger partial charge in [0.25, 0.3) is 0 Å². The van der Waals surface area contributed by atoms with E-state index in [2.05, 4.69) is 17.1 Å². The summed E-state index contributed by atoms with van der Waals surface area (Å²) in [5.74, 6) is 0.236. The molecule has 0 fully saturated rings. The van der Waals surface area contributed by atoms with Gasteiger partial charge in [0.05, 0.1) is 22.4 Å². The van der Waals surface area contributed by atoms with Crippen LogP contribution in [0.15, 0.2) is 46.4 Å². The Morgan fingerprint density at radius 1 is 1.13 bits per heavy atom. The molecule has 0 saturated heterocycles. The van der Waals surface area contributed by atoms with Gasteiger partial charge in [-0.2, -0.15) is 10.5 Å². The minimum absolute atomic E-state index is 0.102. The molecule has 150 valence electrons. The number of nitrogens with zero attached hydrogens (tertiary/aromatic N) is 3. The van der Waals surface area contributed by atoms with Crippen molar-refractivity contribution in [3.8, 4) is 23.5 Å². The molecule has 31 heavy (non-hydrogen) atoms. The van der Waals surface area contributed by atoms with Crippen LogP contribution < -0.4 is 5.73 Å². The van der Waals surface area contributed by atoms with Gasteiger partial charge >= 0.3 is 5.97 Å². The Balaban J connectivity index is 1.81. The lowest BCUT2D eigenvalue weighted by atomic mass is 9.96. The fourth-order valence-electron chi connectivity index (χ4n) is 3.70. The normalized spacial score (nSPS) is 13.7. The summed E-state index contributed by atoms with van der Waals surface area (Å²) in [6, 6.07) is 14.2. The van der Waals surface area contributed by atoms with Crippen LogP contribution in [0.5, 0.6) is 0 Å². The third kappa shape index (κ3) is 3.15. The molecule has 1 aromatic carbocycles. The molecule has 0 aliphatic heterocycles. The number of nitrogen functional groups attached to an aromatic ring is 1. The van der Waals surface area contributed by atoms with Gasteiger partial charge < -0.3 is 15.3 Å². The number of hydrogen-bond donors (Lipinski definition) is 2. The van der Waals surface area contributed by atoms with Crippen molar-refractivity contribution in [2.45, 2.75) is 13.8 Å². The van der Waals surface area contributed by atoms with E-state index in [0.29, 0.717) is 33.9 Å². The molecule has 7 heteroatoms. The van der Waals surface area contributed by atoms with Crippen molar-refractivity contribution in [3.05, 3.63) is 75.7 Å². The zero-order valence-corrected chi connectivity index (χ0v) is 16.7. The van der Waals surface area contributed by atoms with Crippen molar-refractivity contribution in [1.29, 1.82) is 10.5 Å². The maximum Gasteiger partial charge on any atom is 0.335 e. The van der Waals surface area contributed by atoms with Gasteiger partial charge in [-0.1, -0.05) is 12.1 Å². The highest BCUT2D eigenvalue weighted by molar-refractivity contribution is 6.08. The molecule has 4 rings (SSSR count). The largest absolute Gasteiger partial charge is 0.478 e. The number of pyridine rings is 1. The number of rotatable bonds is 3. The van der Waals surface area contributed by atoms with E-state index >= 15 is 0 Å². The molecule has 0 unspecified atom stereocenters.